The van der Waals surface area contributed by atoms with Crippen LogP contribution in [0.4, 0.5) is 0 Å². The molecule has 1 aliphatic carbocycles. The zero-order chi connectivity index (χ0) is 14.5. The van der Waals surface area contributed by atoms with Gasteiger partial charge in [0.1, 0.15) is 6.10 Å². The molecule has 1 saturated carbocycles. The lowest BCUT2D eigenvalue weighted by molar-refractivity contribution is 0.0394. The minimum Gasteiger partial charge on any atom is -0.462 e. The second kappa shape index (κ2) is 6.79. The fraction of sp³-hybridized carbons (Fsp3) is 0.667. The molecule has 0 aromatic carbocycles. The van der Waals surface area contributed by atoms with Crippen LogP contribution in [0.25, 0.3) is 0 Å². The number of rotatable bonds is 7. The molecular weight excluding hydrogens is 256 g/mol. The van der Waals surface area contributed by atoms with Crippen LogP contribution in [0, 0.1) is 5.92 Å². The molecular formula is C15H22N2O3. The summed E-state index contributed by atoms with van der Waals surface area (Å²) in [6.45, 7) is 6.74. The monoisotopic (exact) mass is 278 g/mol. The first kappa shape index (κ1) is 14.9. The largest absolute Gasteiger partial charge is 0.462 e. The van der Waals surface area contributed by atoms with Gasteiger partial charge in [-0.15, -0.1) is 0 Å². The van der Waals surface area contributed by atoms with Gasteiger partial charge in [0.2, 0.25) is 0 Å². The number of ether oxygens (including phenoxy) is 2. The third-order valence-electron chi connectivity index (χ3n) is 3.37. The summed E-state index contributed by atoms with van der Waals surface area (Å²) in [5.74, 6) is 0.864. The summed E-state index contributed by atoms with van der Waals surface area (Å²) in [7, 11) is 0. The number of carbonyl (C=O) groups excluding carboxylic acids is 1. The maximum Gasteiger partial charge on any atom is 0.341 e. The third-order valence-corrected chi connectivity index (χ3v) is 3.37. The Morgan fingerprint density at radius 2 is 2.10 bits per heavy atom. The van der Waals surface area contributed by atoms with E-state index in [0.717, 1.165) is 18.5 Å². The van der Waals surface area contributed by atoms with Crippen LogP contribution in [0.1, 0.15) is 61.6 Å². The van der Waals surface area contributed by atoms with Crippen LogP contribution in [0.15, 0.2) is 6.20 Å². The van der Waals surface area contributed by atoms with Crippen LogP contribution in [0.3, 0.4) is 0 Å². The fourth-order valence-corrected chi connectivity index (χ4v) is 2.22. The SMILES string of the molecule is CCOC(=O)c1cnc(C(OCC)C2CC2)nc1CC. The van der Waals surface area contributed by atoms with Gasteiger partial charge in [-0.05, 0) is 39.0 Å². The molecule has 2 rings (SSSR count). The number of hydrogen-bond acceptors (Lipinski definition) is 5. The quantitative estimate of drug-likeness (QED) is 0.718. The Labute approximate surface area is 119 Å². The Kier molecular flexibility index (Phi) is 5.06. The van der Waals surface area contributed by atoms with Crippen molar-refractivity contribution in [1.29, 1.82) is 0 Å². The van der Waals surface area contributed by atoms with Crippen molar-refractivity contribution in [2.24, 2.45) is 5.92 Å². The molecule has 1 atom stereocenters. The van der Waals surface area contributed by atoms with Gasteiger partial charge in [-0.3, -0.25) is 0 Å². The van der Waals surface area contributed by atoms with E-state index in [4.69, 9.17) is 9.47 Å². The first-order valence-corrected chi connectivity index (χ1v) is 7.35. The van der Waals surface area contributed by atoms with E-state index in [1.54, 1.807) is 13.1 Å². The summed E-state index contributed by atoms with van der Waals surface area (Å²) in [5, 5.41) is 0. The van der Waals surface area contributed by atoms with Crippen LogP contribution in [-0.4, -0.2) is 29.2 Å². The summed E-state index contributed by atoms with van der Waals surface area (Å²) >= 11 is 0. The Bertz CT molecular complexity index is 472. The van der Waals surface area contributed by atoms with E-state index in [9.17, 15) is 4.79 Å². The fourth-order valence-electron chi connectivity index (χ4n) is 2.22. The van der Waals surface area contributed by atoms with Crippen molar-refractivity contribution < 1.29 is 14.3 Å². The molecule has 0 N–H and O–H groups in total. The predicted molar refractivity (Wildman–Crippen MR) is 74.5 cm³/mol. The van der Waals surface area contributed by atoms with Crippen molar-refractivity contribution in [1.82, 2.24) is 9.97 Å². The topological polar surface area (TPSA) is 61.3 Å². The molecule has 0 amide bonds. The first-order chi connectivity index (χ1) is 9.71. The van der Waals surface area contributed by atoms with Gasteiger partial charge in [0.05, 0.1) is 17.9 Å². The van der Waals surface area contributed by atoms with Gasteiger partial charge < -0.3 is 9.47 Å². The Morgan fingerprint density at radius 1 is 1.35 bits per heavy atom. The molecule has 1 fully saturated rings. The average molecular weight is 278 g/mol. The molecule has 1 heterocycles. The van der Waals surface area contributed by atoms with Gasteiger partial charge in [0.15, 0.2) is 5.82 Å². The summed E-state index contributed by atoms with van der Waals surface area (Å²) in [4.78, 5) is 20.7. The van der Waals surface area contributed by atoms with Crippen LogP contribution < -0.4 is 0 Å². The number of hydrogen-bond donors (Lipinski definition) is 0. The second-order valence-electron chi connectivity index (χ2n) is 4.88. The highest BCUT2D eigenvalue weighted by Crippen LogP contribution is 2.42. The molecule has 0 aliphatic heterocycles. The zero-order valence-electron chi connectivity index (χ0n) is 12.4. The zero-order valence-corrected chi connectivity index (χ0v) is 12.4. The van der Waals surface area contributed by atoms with Gasteiger partial charge in [0, 0.05) is 12.8 Å². The third kappa shape index (κ3) is 3.33. The van der Waals surface area contributed by atoms with Crippen LogP contribution in [-0.2, 0) is 15.9 Å². The molecule has 5 nitrogen and oxygen atoms in total. The molecule has 0 saturated heterocycles. The second-order valence-corrected chi connectivity index (χ2v) is 4.88. The van der Waals surface area contributed by atoms with Gasteiger partial charge in [0.25, 0.3) is 0 Å². The standard InChI is InChI=1S/C15H22N2O3/c1-4-12-11(15(18)20-6-3)9-16-14(17-12)13(19-5-2)10-7-8-10/h9-10,13H,4-8H2,1-3H3. The molecule has 1 aromatic heterocycles. The number of nitrogens with zero attached hydrogens (tertiary/aromatic N) is 2. The van der Waals surface area contributed by atoms with Crippen molar-refractivity contribution in [3.8, 4) is 0 Å². The maximum atomic E-state index is 11.8. The van der Waals surface area contributed by atoms with E-state index in [0.29, 0.717) is 36.9 Å². The van der Waals surface area contributed by atoms with Gasteiger partial charge in [-0.25, -0.2) is 14.8 Å². The maximum absolute atomic E-state index is 11.8. The highest BCUT2D eigenvalue weighted by Gasteiger charge is 2.35. The van der Waals surface area contributed by atoms with Gasteiger partial charge in [-0.2, -0.15) is 0 Å². The van der Waals surface area contributed by atoms with E-state index in [1.165, 1.54) is 0 Å². The Hall–Kier alpha value is -1.49. The van der Waals surface area contributed by atoms with Crippen LogP contribution in [0.5, 0.6) is 0 Å². The van der Waals surface area contributed by atoms with Gasteiger partial charge >= 0.3 is 5.97 Å². The van der Waals surface area contributed by atoms with E-state index in [1.807, 2.05) is 13.8 Å². The highest BCUT2D eigenvalue weighted by atomic mass is 16.5. The van der Waals surface area contributed by atoms with Crippen molar-refractivity contribution in [2.45, 2.75) is 46.1 Å². The highest BCUT2D eigenvalue weighted by molar-refractivity contribution is 5.90. The van der Waals surface area contributed by atoms with E-state index in [-0.39, 0.29) is 12.1 Å². The normalized spacial score (nSPS) is 15.9. The van der Waals surface area contributed by atoms with Crippen LogP contribution in [0.2, 0.25) is 0 Å². The number of esters is 1. The van der Waals surface area contributed by atoms with E-state index < -0.39 is 0 Å². The minimum atomic E-state index is -0.352. The lowest BCUT2D eigenvalue weighted by Crippen LogP contribution is -2.16. The number of aromatic nitrogens is 2. The number of aryl methyl sites for hydroxylation is 1. The van der Waals surface area contributed by atoms with Crippen LogP contribution >= 0.6 is 0 Å². The molecule has 1 aromatic rings. The summed E-state index contributed by atoms with van der Waals surface area (Å²) < 4.78 is 10.8. The molecule has 0 spiro atoms. The number of carbonyl (C=O) groups is 1. The predicted octanol–water partition coefficient (Wildman–Crippen LogP) is 2.70. The molecule has 0 radical (unpaired) electrons. The minimum absolute atomic E-state index is 0.0402. The van der Waals surface area contributed by atoms with Crippen molar-refractivity contribution in [3.63, 3.8) is 0 Å². The van der Waals surface area contributed by atoms with Gasteiger partial charge in [-0.1, -0.05) is 6.92 Å². The smallest absolute Gasteiger partial charge is 0.341 e. The molecule has 0 bridgehead atoms. The molecule has 1 unspecified atom stereocenters. The molecule has 110 valence electrons. The Morgan fingerprint density at radius 3 is 2.65 bits per heavy atom. The van der Waals surface area contributed by atoms with E-state index in [2.05, 4.69) is 9.97 Å². The Balaban J connectivity index is 2.25. The molecule has 5 heteroatoms. The van der Waals surface area contributed by atoms with Crippen molar-refractivity contribution >= 4 is 5.97 Å². The lowest BCUT2D eigenvalue weighted by Gasteiger charge is -2.16. The summed E-state index contributed by atoms with van der Waals surface area (Å²) in [5.41, 5.74) is 1.20. The van der Waals surface area contributed by atoms with Crippen molar-refractivity contribution in [3.05, 3.63) is 23.3 Å². The lowest BCUT2D eigenvalue weighted by atomic mass is 10.1. The summed E-state index contributed by atoms with van der Waals surface area (Å²) in [6.07, 6.45) is 4.53. The van der Waals surface area contributed by atoms with E-state index >= 15 is 0 Å². The average Bonchev–Trinajstić information content (AvgIpc) is 3.29. The summed E-state index contributed by atoms with van der Waals surface area (Å²) in [6, 6.07) is 0. The first-order valence-electron chi connectivity index (χ1n) is 7.35. The molecule has 20 heavy (non-hydrogen) atoms. The van der Waals surface area contributed by atoms with Crippen molar-refractivity contribution in [2.75, 3.05) is 13.2 Å². The molecule has 1 aliphatic rings.